The van der Waals surface area contributed by atoms with Crippen LogP contribution in [0.5, 0.6) is 0 Å². The first kappa shape index (κ1) is 17.2. The highest BCUT2D eigenvalue weighted by atomic mass is 16.4. The number of pyridine rings is 1. The van der Waals surface area contributed by atoms with Crippen LogP contribution in [0.3, 0.4) is 0 Å². The fourth-order valence-electron chi connectivity index (χ4n) is 3.26. The summed E-state index contributed by atoms with van der Waals surface area (Å²) in [4.78, 5) is 8.80. The van der Waals surface area contributed by atoms with Gasteiger partial charge in [-0.2, -0.15) is 5.26 Å². The molecule has 1 saturated heterocycles. The van der Waals surface area contributed by atoms with E-state index in [-0.39, 0.29) is 0 Å². The molecule has 7 nitrogen and oxygen atoms in total. The van der Waals surface area contributed by atoms with Crippen molar-refractivity contribution in [1.82, 2.24) is 20.1 Å². The molecule has 1 fully saturated rings. The molecule has 0 bridgehead atoms. The lowest BCUT2D eigenvalue weighted by atomic mass is 10.1. The summed E-state index contributed by atoms with van der Waals surface area (Å²) in [6.07, 6.45) is 1.73. The average Bonchev–Trinajstić information content (AvgIpc) is 3.17. The van der Waals surface area contributed by atoms with Crippen molar-refractivity contribution in [2.24, 2.45) is 0 Å². The number of aryl methyl sites for hydroxylation is 1. The standard InChI is InChI=1S/C20H20N6O/c1-15-4-2-5-16(12-15)20-24-23-18(27-20)14-25-8-10-26(11-9-25)19-17(13-21)6-3-7-22-19/h2-7,12H,8-11,14H2,1H3. The fraction of sp³-hybridized carbons (Fsp3) is 0.300. The summed E-state index contributed by atoms with van der Waals surface area (Å²) in [5, 5.41) is 17.6. The molecule has 3 heterocycles. The summed E-state index contributed by atoms with van der Waals surface area (Å²) >= 11 is 0. The van der Waals surface area contributed by atoms with E-state index >= 15 is 0 Å². The third-order valence-electron chi connectivity index (χ3n) is 4.67. The van der Waals surface area contributed by atoms with Crippen molar-refractivity contribution < 1.29 is 4.42 Å². The zero-order chi connectivity index (χ0) is 18.6. The Labute approximate surface area is 157 Å². The van der Waals surface area contributed by atoms with E-state index in [0.29, 0.717) is 23.9 Å². The zero-order valence-corrected chi connectivity index (χ0v) is 15.2. The average molecular weight is 360 g/mol. The van der Waals surface area contributed by atoms with Gasteiger partial charge in [-0.25, -0.2) is 4.98 Å². The number of rotatable bonds is 4. The lowest BCUT2D eigenvalue weighted by Crippen LogP contribution is -2.46. The van der Waals surface area contributed by atoms with Crippen LogP contribution in [-0.4, -0.2) is 46.3 Å². The normalized spacial score (nSPS) is 14.9. The third-order valence-corrected chi connectivity index (χ3v) is 4.67. The van der Waals surface area contributed by atoms with Crippen LogP contribution >= 0.6 is 0 Å². The summed E-state index contributed by atoms with van der Waals surface area (Å²) in [6, 6.07) is 13.9. The molecule has 1 aromatic carbocycles. The van der Waals surface area contributed by atoms with Crippen molar-refractivity contribution in [2.45, 2.75) is 13.5 Å². The second-order valence-electron chi connectivity index (χ2n) is 6.62. The zero-order valence-electron chi connectivity index (χ0n) is 15.2. The van der Waals surface area contributed by atoms with E-state index in [1.807, 2.05) is 31.2 Å². The Balaban J connectivity index is 1.38. The fourth-order valence-corrected chi connectivity index (χ4v) is 3.26. The molecule has 4 rings (SSSR count). The molecule has 0 atom stereocenters. The first-order chi connectivity index (χ1) is 13.2. The van der Waals surface area contributed by atoms with Crippen molar-refractivity contribution in [3.63, 3.8) is 0 Å². The number of nitrogens with zero attached hydrogens (tertiary/aromatic N) is 6. The van der Waals surface area contributed by atoms with E-state index in [1.165, 1.54) is 0 Å². The van der Waals surface area contributed by atoms with Gasteiger partial charge >= 0.3 is 0 Å². The van der Waals surface area contributed by atoms with E-state index in [2.05, 4.69) is 31.1 Å². The number of hydrogen-bond acceptors (Lipinski definition) is 7. The topological polar surface area (TPSA) is 82.1 Å². The Bertz CT molecular complexity index is 968. The van der Waals surface area contributed by atoms with Gasteiger partial charge in [-0.3, -0.25) is 4.90 Å². The summed E-state index contributed by atoms with van der Waals surface area (Å²) in [5.41, 5.74) is 2.72. The van der Waals surface area contributed by atoms with Crippen molar-refractivity contribution in [1.29, 1.82) is 5.26 Å². The highest BCUT2D eigenvalue weighted by molar-refractivity contribution is 5.54. The minimum atomic E-state index is 0.555. The number of aromatic nitrogens is 3. The predicted octanol–water partition coefficient (Wildman–Crippen LogP) is 2.63. The first-order valence-corrected chi connectivity index (χ1v) is 8.95. The monoisotopic (exact) mass is 360 g/mol. The Morgan fingerprint density at radius 3 is 2.74 bits per heavy atom. The minimum absolute atomic E-state index is 0.555. The third kappa shape index (κ3) is 3.81. The Morgan fingerprint density at radius 1 is 1.11 bits per heavy atom. The molecule has 136 valence electrons. The van der Waals surface area contributed by atoms with Gasteiger partial charge in [0, 0.05) is 37.9 Å². The van der Waals surface area contributed by atoms with E-state index in [1.54, 1.807) is 18.3 Å². The number of piperazine rings is 1. The summed E-state index contributed by atoms with van der Waals surface area (Å²) in [7, 11) is 0. The van der Waals surface area contributed by atoms with Crippen molar-refractivity contribution in [3.8, 4) is 17.5 Å². The number of hydrogen-bond donors (Lipinski definition) is 0. The molecular weight excluding hydrogens is 340 g/mol. The van der Waals surface area contributed by atoms with Gasteiger partial charge in [0.05, 0.1) is 12.1 Å². The Hall–Kier alpha value is -3.24. The van der Waals surface area contributed by atoms with Crippen molar-refractivity contribution >= 4 is 5.82 Å². The van der Waals surface area contributed by atoms with Crippen molar-refractivity contribution in [3.05, 3.63) is 59.6 Å². The van der Waals surface area contributed by atoms with Crippen LogP contribution in [0.15, 0.2) is 47.0 Å². The van der Waals surface area contributed by atoms with E-state index in [0.717, 1.165) is 43.1 Å². The highest BCUT2D eigenvalue weighted by Crippen LogP contribution is 2.21. The van der Waals surface area contributed by atoms with Gasteiger partial charge in [-0.15, -0.1) is 10.2 Å². The molecule has 27 heavy (non-hydrogen) atoms. The molecular formula is C20H20N6O. The van der Waals surface area contributed by atoms with Crippen LogP contribution in [-0.2, 0) is 6.54 Å². The molecule has 0 amide bonds. The second-order valence-corrected chi connectivity index (χ2v) is 6.62. The molecule has 0 N–H and O–H groups in total. The Kier molecular flexibility index (Phi) is 4.81. The molecule has 1 aliphatic heterocycles. The Morgan fingerprint density at radius 2 is 1.96 bits per heavy atom. The SMILES string of the molecule is Cc1cccc(-c2nnc(CN3CCN(c4ncccc4C#N)CC3)o2)c1. The quantitative estimate of drug-likeness (QED) is 0.707. The predicted molar refractivity (Wildman–Crippen MR) is 101 cm³/mol. The number of benzene rings is 1. The van der Waals surface area contributed by atoms with Crippen molar-refractivity contribution in [2.75, 3.05) is 31.1 Å². The summed E-state index contributed by atoms with van der Waals surface area (Å²) in [6.45, 7) is 5.99. The summed E-state index contributed by atoms with van der Waals surface area (Å²) in [5.74, 6) is 1.94. The number of nitriles is 1. The van der Waals surface area contributed by atoms with Crippen LogP contribution in [0, 0.1) is 18.3 Å². The first-order valence-electron chi connectivity index (χ1n) is 8.95. The smallest absolute Gasteiger partial charge is 0.247 e. The maximum absolute atomic E-state index is 9.25. The van der Waals surface area contributed by atoms with Crippen LogP contribution in [0.1, 0.15) is 17.0 Å². The van der Waals surface area contributed by atoms with Gasteiger partial charge in [-0.1, -0.05) is 17.7 Å². The molecule has 0 saturated carbocycles. The lowest BCUT2D eigenvalue weighted by Gasteiger charge is -2.34. The van der Waals surface area contributed by atoms with Gasteiger partial charge in [-0.05, 0) is 31.2 Å². The lowest BCUT2D eigenvalue weighted by molar-refractivity contribution is 0.226. The van der Waals surface area contributed by atoms with Gasteiger partial charge in [0.2, 0.25) is 11.8 Å². The highest BCUT2D eigenvalue weighted by Gasteiger charge is 2.21. The van der Waals surface area contributed by atoms with Gasteiger partial charge < -0.3 is 9.32 Å². The van der Waals surface area contributed by atoms with Gasteiger partial charge in [0.25, 0.3) is 0 Å². The molecule has 0 spiro atoms. The van der Waals surface area contributed by atoms with Crippen LogP contribution in [0.4, 0.5) is 5.82 Å². The molecule has 2 aromatic heterocycles. The van der Waals surface area contributed by atoms with Gasteiger partial charge in [0.15, 0.2) is 0 Å². The van der Waals surface area contributed by atoms with E-state index in [9.17, 15) is 5.26 Å². The minimum Gasteiger partial charge on any atom is -0.419 e. The maximum Gasteiger partial charge on any atom is 0.247 e. The molecule has 7 heteroatoms. The number of anilines is 1. The van der Waals surface area contributed by atoms with Crippen LogP contribution < -0.4 is 4.90 Å². The molecule has 1 aliphatic rings. The summed E-state index contributed by atoms with van der Waals surface area (Å²) < 4.78 is 5.84. The maximum atomic E-state index is 9.25. The molecule has 0 unspecified atom stereocenters. The molecule has 3 aromatic rings. The van der Waals surface area contributed by atoms with Gasteiger partial charge in [0.1, 0.15) is 11.9 Å². The van der Waals surface area contributed by atoms with Crippen LogP contribution in [0.2, 0.25) is 0 Å². The van der Waals surface area contributed by atoms with E-state index in [4.69, 9.17) is 4.42 Å². The molecule has 0 aliphatic carbocycles. The van der Waals surface area contributed by atoms with Crippen LogP contribution in [0.25, 0.3) is 11.5 Å². The molecule has 0 radical (unpaired) electrons. The van der Waals surface area contributed by atoms with E-state index < -0.39 is 0 Å². The second kappa shape index (κ2) is 7.56. The largest absolute Gasteiger partial charge is 0.419 e.